The molecule has 0 bridgehead atoms. The van der Waals surface area contributed by atoms with Gasteiger partial charge < -0.3 is 14.8 Å². The van der Waals surface area contributed by atoms with Crippen LogP contribution >= 0.6 is 0 Å². The van der Waals surface area contributed by atoms with Gasteiger partial charge in [0, 0.05) is 17.7 Å². The molecule has 0 amide bonds. The third-order valence-electron chi connectivity index (χ3n) is 3.33. The fourth-order valence-corrected chi connectivity index (χ4v) is 2.37. The maximum absolute atomic E-state index is 11.8. The lowest BCUT2D eigenvalue weighted by molar-refractivity contribution is 0.0594. The van der Waals surface area contributed by atoms with Crippen LogP contribution in [-0.4, -0.2) is 33.9 Å². The highest BCUT2D eigenvalue weighted by atomic mass is 16.5. The number of phenolic OH excluding ortho intramolecular Hbond substituents is 1. The third kappa shape index (κ3) is 1.92. The van der Waals surface area contributed by atoms with E-state index in [0.29, 0.717) is 21.8 Å². The highest BCUT2D eigenvalue weighted by Crippen LogP contribution is 2.32. The maximum atomic E-state index is 11.8. The molecular formula is C15H12N2O4. The summed E-state index contributed by atoms with van der Waals surface area (Å²) in [6, 6.07) is 6.57. The number of nitrogens with one attached hydrogen (secondary N) is 1. The smallest absolute Gasteiger partial charge is 0.356 e. The number of aromatic nitrogens is 2. The SMILES string of the molecule is COC(=O)c1cc2c([nH]c3c(O)cccc32)c(C(C)=O)n1. The Labute approximate surface area is 119 Å². The zero-order valence-electron chi connectivity index (χ0n) is 11.4. The molecule has 0 atom stereocenters. The number of para-hydroxylation sites is 1. The van der Waals surface area contributed by atoms with Gasteiger partial charge in [-0.3, -0.25) is 4.79 Å². The van der Waals surface area contributed by atoms with Gasteiger partial charge in [0.25, 0.3) is 0 Å². The van der Waals surface area contributed by atoms with Crippen molar-refractivity contribution in [3.63, 3.8) is 0 Å². The van der Waals surface area contributed by atoms with Crippen LogP contribution in [0.15, 0.2) is 24.3 Å². The van der Waals surface area contributed by atoms with Crippen LogP contribution < -0.4 is 0 Å². The van der Waals surface area contributed by atoms with E-state index in [1.165, 1.54) is 14.0 Å². The Morgan fingerprint density at radius 3 is 2.67 bits per heavy atom. The molecule has 6 nitrogen and oxygen atoms in total. The molecule has 0 aliphatic carbocycles. The van der Waals surface area contributed by atoms with Gasteiger partial charge in [-0.2, -0.15) is 0 Å². The first-order valence-electron chi connectivity index (χ1n) is 6.26. The topological polar surface area (TPSA) is 92.3 Å². The van der Waals surface area contributed by atoms with E-state index in [9.17, 15) is 14.7 Å². The second kappa shape index (κ2) is 4.59. The number of esters is 1. The molecule has 6 heteroatoms. The van der Waals surface area contributed by atoms with Crippen molar-refractivity contribution in [3.05, 3.63) is 35.7 Å². The molecule has 1 aromatic carbocycles. The van der Waals surface area contributed by atoms with Crippen LogP contribution in [0.4, 0.5) is 0 Å². The van der Waals surface area contributed by atoms with Gasteiger partial charge in [0.2, 0.25) is 0 Å². The van der Waals surface area contributed by atoms with Crippen molar-refractivity contribution in [1.82, 2.24) is 9.97 Å². The molecule has 0 saturated heterocycles. The molecule has 0 fully saturated rings. The molecule has 0 saturated carbocycles. The molecule has 0 spiro atoms. The third-order valence-corrected chi connectivity index (χ3v) is 3.33. The molecule has 2 aromatic heterocycles. The molecule has 106 valence electrons. The van der Waals surface area contributed by atoms with E-state index in [1.807, 2.05) is 0 Å². The number of H-pyrrole nitrogens is 1. The monoisotopic (exact) mass is 284 g/mol. The number of ketones is 1. The van der Waals surface area contributed by atoms with Gasteiger partial charge in [0.05, 0.1) is 18.1 Å². The molecule has 2 heterocycles. The molecule has 2 N–H and O–H groups in total. The maximum Gasteiger partial charge on any atom is 0.356 e. The number of hydrogen-bond donors (Lipinski definition) is 2. The van der Waals surface area contributed by atoms with Crippen molar-refractivity contribution in [2.24, 2.45) is 0 Å². The summed E-state index contributed by atoms with van der Waals surface area (Å²) in [5, 5.41) is 11.2. The number of rotatable bonds is 2. The summed E-state index contributed by atoms with van der Waals surface area (Å²) in [6.45, 7) is 1.37. The van der Waals surface area contributed by atoms with Gasteiger partial charge in [0.15, 0.2) is 5.78 Å². The fourth-order valence-electron chi connectivity index (χ4n) is 2.37. The molecule has 3 rings (SSSR count). The predicted octanol–water partition coefficient (Wildman–Crippen LogP) is 2.41. The van der Waals surface area contributed by atoms with E-state index in [0.717, 1.165) is 0 Å². The first kappa shape index (κ1) is 13.1. The number of carbonyl (C=O) groups is 2. The zero-order chi connectivity index (χ0) is 15.1. The second-order valence-corrected chi connectivity index (χ2v) is 4.65. The number of fused-ring (bicyclic) bond motifs is 3. The quantitative estimate of drug-likeness (QED) is 0.557. The van der Waals surface area contributed by atoms with Crippen molar-refractivity contribution < 1.29 is 19.4 Å². The van der Waals surface area contributed by atoms with Gasteiger partial charge in [-0.1, -0.05) is 12.1 Å². The summed E-state index contributed by atoms with van der Waals surface area (Å²) in [5.74, 6) is -0.830. The minimum atomic E-state index is -0.617. The average Bonchev–Trinajstić information content (AvgIpc) is 2.85. The van der Waals surface area contributed by atoms with Crippen LogP contribution in [0.5, 0.6) is 5.75 Å². The molecule has 3 aromatic rings. The van der Waals surface area contributed by atoms with Gasteiger partial charge in [0.1, 0.15) is 17.1 Å². The van der Waals surface area contributed by atoms with Crippen LogP contribution in [-0.2, 0) is 4.74 Å². The van der Waals surface area contributed by atoms with Crippen molar-refractivity contribution in [3.8, 4) is 5.75 Å². The first-order valence-corrected chi connectivity index (χ1v) is 6.26. The number of carbonyl (C=O) groups excluding carboxylic acids is 2. The number of ether oxygens (including phenoxy) is 1. The Kier molecular flexibility index (Phi) is 2.86. The number of hydrogen-bond acceptors (Lipinski definition) is 5. The fraction of sp³-hybridized carbons (Fsp3) is 0.133. The summed E-state index contributed by atoms with van der Waals surface area (Å²) in [6.07, 6.45) is 0. The summed E-state index contributed by atoms with van der Waals surface area (Å²) in [7, 11) is 1.25. The van der Waals surface area contributed by atoms with Gasteiger partial charge >= 0.3 is 5.97 Å². The summed E-state index contributed by atoms with van der Waals surface area (Å²) in [4.78, 5) is 30.5. The van der Waals surface area contributed by atoms with Crippen LogP contribution in [0.1, 0.15) is 27.9 Å². The Morgan fingerprint density at radius 2 is 2.00 bits per heavy atom. The lowest BCUT2D eigenvalue weighted by Crippen LogP contribution is -2.08. The molecule has 0 aliphatic heterocycles. The Hall–Kier alpha value is -2.89. The Morgan fingerprint density at radius 1 is 1.24 bits per heavy atom. The number of Topliss-reactive ketones (excluding diaryl/α,β-unsaturated/α-hetero) is 1. The number of phenols is 1. The molecule has 0 unspecified atom stereocenters. The van der Waals surface area contributed by atoms with Crippen molar-refractivity contribution in [2.45, 2.75) is 6.92 Å². The van der Waals surface area contributed by atoms with E-state index in [4.69, 9.17) is 0 Å². The molecule has 0 radical (unpaired) electrons. The van der Waals surface area contributed by atoms with Crippen LogP contribution in [0.3, 0.4) is 0 Å². The van der Waals surface area contributed by atoms with Gasteiger partial charge in [-0.15, -0.1) is 0 Å². The van der Waals surface area contributed by atoms with Gasteiger partial charge in [-0.25, -0.2) is 9.78 Å². The number of aromatic hydroxyl groups is 1. The van der Waals surface area contributed by atoms with Crippen LogP contribution in [0.2, 0.25) is 0 Å². The van der Waals surface area contributed by atoms with Crippen LogP contribution in [0.25, 0.3) is 21.8 Å². The Balaban J connectivity index is 2.48. The predicted molar refractivity (Wildman–Crippen MR) is 76.6 cm³/mol. The molecule has 21 heavy (non-hydrogen) atoms. The largest absolute Gasteiger partial charge is 0.506 e. The van der Waals surface area contributed by atoms with Crippen molar-refractivity contribution in [1.29, 1.82) is 0 Å². The number of nitrogens with zero attached hydrogens (tertiary/aromatic N) is 1. The van der Waals surface area contributed by atoms with E-state index in [-0.39, 0.29) is 22.9 Å². The van der Waals surface area contributed by atoms with Crippen molar-refractivity contribution in [2.75, 3.05) is 7.11 Å². The minimum absolute atomic E-state index is 0.0550. The summed E-state index contributed by atoms with van der Waals surface area (Å²) in [5.41, 5.74) is 1.19. The minimum Gasteiger partial charge on any atom is -0.506 e. The molecule has 0 aliphatic rings. The molecular weight excluding hydrogens is 272 g/mol. The lowest BCUT2D eigenvalue weighted by atomic mass is 10.1. The summed E-state index contributed by atoms with van der Waals surface area (Å²) >= 11 is 0. The number of methoxy groups -OCH3 is 1. The summed E-state index contributed by atoms with van der Waals surface area (Å²) < 4.78 is 4.66. The second-order valence-electron chi connectivity index (χ2n) is 4.65. The van der Waals surface area contributed by atoms with Crippen molar-refractivity contribution >= 4 is 33.6 Å². The number of pyridine rings is 1. The highest BCUT2D eigenvalue weighted by Gasteiger charge is 2.19. The average molecular weight is 284 g/mol. The van der Waals surface area contributed by atoms with Crippen LogP contribution in [0, 0.1) is 0 Å². The van der Waals surface area contributed by atoms with E-state index in [2.05, 4.69) is 14.7 Å². The lowest BCUT2D eigenvalue weighted by Gasteiger charge is -2.03. The Bertz CT molecular complexity index is 895. The van der Waals surface area contributed by atoms with E-state index >= 15 is 0 Å². The highest BCUT2D eigenvalue weighted by molar-refractivity contribution is 6.16. The normalized spacial score (nSPS) is 11.0. The van der Waals surface area contributed by atoms with E-state index in [1.54, 1.807) is 24.3 Å². The standard InChI is InChI=1S/C15H12N2O4/c1-7(18)12-14-9(6-10(16-12)15(20)21-2)8-4-3-5-11(19)13(8)17-14/h3-6,17,19H,1-2H3. The van der Waals surface area contributed by atoms with E-state index < -0.39 is 5.97 Å². The number of aromatic amines is 1. The van der Waals surface area contributed by atoms with Gasteiger partial charge in [-0.05, 0) is 12.1 Å². The zero-order valence-corrected chi connectivity index (χ0v) is 11.4. The first-order chi connectivity index (χ1) is 10.0. The number of benzene rings is 1.